The first-order valence-corrected chi connectivity index (χ1v) is 17.3. The minimum atomic E-state index is -4.68. The number of methoxy groups -OCH3 is 2. The van der Waals surface area contributed by atoms with Gasteiger partial charge in [0.2, 0.25) is 17.7 Å². The molecule has 1 amide bonds. The molecule has 11 nitrogen and oxygen atoms in total. The van der Waals surface area contributed by atoms with Crippen molar-refractivity contribution < 1.29 is 32.5 Å². The van der Waals surface area contributed by atoms with Gasteiger partial charge in [0.15, 0.2) is 5.60 Å². The molecule has 0 bridgehead atoms. The molecule has 3 heterocycles. The Labute approximate surface area is 310 Å². The lowest BCUT2D eigenvalue weighted by Crippen LogP contribution is -2.53. The summed E-state index contributed by atoms with van der Waals surface area (Å²) in [7, 11) is 2.93. The van der Waals surface area contributed by atoms with Crippen molar-refractivity contribution in [2.24, 2.45) is 9.98 Å². The van der Waals surface area contributed by atoms with Crippen LogP contribution in [0.15, 0.2) is 64.2 Å². The maximum Gasteiger partial charge on any atom is 0.417 e. The molecule has 0 aliphatic carbocycles. The van der Waals surface area contributed by atoms with Gasteiger partial charge in [-0.3, -0.25) is 19.7 Å². The monoisotopic (exact) mass is 761 g/mol. The highest BCUT2D eigenvalue weighted by atomic mass is 35.5. The fourth-order valence-corrected chi connectivity index (χ4v) is 6.86. The zero-order chi connectivity index (χ0) is 37.6. The van der Waals surface area contributed by atoms with E-state index in [1.54, 1.807) is 17.9 Å². The van der Waals surface area contributed by atoms with E-state index in [0.717, 1.165) is 6.42 Å². The lowest BCUT2D eigenvalue weighted by Gasteiger charge is -2.39. The molecule has 278 valence electrons. The van der Waals surface area contributed by atoms with Crippen molar-refractivity contribution in [2.45, 2.75) is 57.0 Å². The second kappa shape index (κ2) is 16.7. The highest BCUT2D eigenvalue weighted by Crippen LogP contribution is 2.41. The molecule has 0 unspecified atom stereocenters. The third-order valence-electron chi connectivity index (χ3n) is 9.21. The third-order valence-corrected chi connectivity index (χ3v) is 10.0. The molecule has 5 rings (SSSR count). The first-order valence-electron chi connectivity index (χ1n) is 16.6. The van der Waals surface area contributed by atoms with Gasteiger partial charge in [0.1, 0.15) is 11.4 Å². The smallest absolute Gasteiger partial charge is 0.417 e. The zero-order valence-electron chi connectivity index (χ0n) is 29.0. The van der Waals surface area contributed by atoms with Crippen LogP contribution in [0, 0.1) is 0 Å². The summed E-state index contributed by atoms with van der Waals surface area (Å²) in [6, 6.07) is 11.0. The fourth-order valence-electron chi connectivity index (χ4n) is 6.17. The summed E-state index contributed by atoms with van der Waals surface area (Å²) in [5.74, 6) is 0.510. The van der Waals surface area contributed by atoms with Crippen molar-refractivity contribution in [3.05, 3.63) is 75.5 Å². The molecule has 3 N–H and O–H groups in total. The first-order chi connectivity index (χ1) is 24.8. The molecule has 2 aromatic carbocycles. The minimum Gasteiger partial charge on any atom is -0.480 e. The number of hydrogen-bond acceptors (Lipinski definition) is 10. The normalized spacial score (nSPS) is 18.5. The molecular weight excluding hydrogens is 722 g/mol. The van der Waals surface area contributed by atoms with Crippen LogP contribution in [0.25, 0.3) is 22.4 Å². The summed E-state index contributed by atoms with van der Waals surface area (Å²) in [5, 5.41) is 17.0. The number of nitrogens with zero attached hydrogens (tertiary/aromatic N) is 5. The molecular formula is C36H40Cl2F3N7O4. The number of alkyl halides is 3. The van der Waals surface area contributed by atoms with Gasteiger partial charge in [0.25, 0.3) is 0 Å². The summed E-state index contributed by atoms with van der Waals surface area (Å²) in [6.07, 6.45) is -2.73. The van der Waals surface area contributed by atoms with Crippen LogP contribution in [0.1, 0.15) is 43.9 Å². The van der Waals surface area contributed by atoms with E-state index >= 15 is 0 Å². The molecule has 1 aromatic heterocycles. The Hall–Kier alpha value is -4.08. The largest absolute Gasteiger partial charge is 0.480 e. The average molecular weight is 763 g/mol. The van der Waals surface area contributed by atoms with Gasteiger partial charge in [0, 0.05) is 67.4 Å². The van der Waals surface area contributed by atoms with Crippen LogP contribution in [0.4, 0.5) is 13.2 Å². The van der Waals surface area contributed by atoms with Crippen molar-refractivity contribution >= 4 is 41.5 Å². The standard InChI is InChI=1S/C36H40Cl2F3N7O4/c1-21(45-33(51-3)28(42-2)18-43-17-22-11-12-30(49)46-22)23-7-5-8-24(31(23)37)25-9-6-10-26(32(25)38)27-19-44-29(34(47-27)52-4)20-48-15-13-35(50,14-16-48)36(39,40)41/h5-10,19,22,43,50H,2,11-18,20H2,1,3-4H3,(H,46,49)/b33-28+,45-21?/t22-/m0/s1. The van der Waals surface area contributed by atoms with E-state index in [-0.39, 0.29) is 43.3 Å². The quantitative estimate of drug-likeness (QED) is 0.138. The van der Waals surface area contributed by atoms with E-state index in [9.17, 15) is 23.1 Å². The number of benzene rings is 2. The third kappa shape index (κ3) is 8.75. The Morgan fingerprint density at radius 3 is 2.42 bits per heavy atom. The Morgan fingerprint density at radius 2 is 1.81 bits per heavy atom. The molecule has 2 fully saturated rings. The van der Waals surface area contributed by atoms with Crippen LogP contribution in [-0.2, 0) is 16.1 Å². The number of aliphatic imine (C=N–C) groups is 2. The van der Waals surface area contributed by atoms with Crippen LogP contribution < -0.4 is 15.4 Å². The number of rotatable bonds is 13. The van der Waals surface area contributed by atoms with Crippen molar-refractivity contribution in [1.82, 2.24) is 25.5 Å². The number of carbonyl (C=O) groups is 1. The number of nitrogens with one attached hydrogen (secondary N) is 2. The van der Waals surface area contributed by atoms with E-state index in [2.05, 4.69) is 37.3 Å². The molecule has 0 saturated carbocycles. The van der Waals surface area contributed by atoms with Crippen molar-refractivity contribution in [3.8, 4) is 28.3 Å². The Bertz CT molecular complexity index is 1860. The Balaban J connectivity index is 1.36. The highest BCUT2D eigenvalue weighted by Gasteiger charge is 2.54. The lowest BCUT2D eigenvalue weighted by atomic mass is 9.91. The van der Waals surface area contributed by atoms with Gasteiger partial charge < -0.3 is 25.2 Å². The van der Waals surface area contributed by atoms with Gasteiger partial charge in [-0.15, -0.1) is 0 Å². The second-order valence-electron chi connectivity index (χ2n) is 12.6. The topological polar surface area (TPSA) is 134 Å². The number of ether oxygens (including phenoxy) is 2. The summed E-state index contributed by atoms with van der Waals surface area (Å²) in [6.45, 7) is 6.64. The number of aromatic nitrogens is 2. The first kappa shape index (κ1) is 39.1. The molecule has 2 aliphatic heterocycles. The fraction of sp³-hybridized carbons (Fsp3) is 0.417. The van der Waals surface area contributed by atoms with Crippen LogP contribution >= 0.6 is 23.2 Å². The number of aliphatic hydroxyl groups is 1. The van der Waals surface area contributed by atoms with Gasteiger partial charge in [-0.1, -0.05) is 59.6 Å². The number of halogens is 5. The number of hydrogen-bond donors (Lipinski definition) is 3. The van der Waals surface area contributed by atoms with Crippen LogP contribution in [0.2, 0.25) is 10.0 Å². The number of likely N-dealkylation sites (tertiary alicyclic amines) is 1. The maximum atomic E-state index is 13.3. The highest BCUT2D eigenvalue weighted by molar-refractivity contribution is 6.39. The summed E-state index contributed by atoms with van der Waals surface area (Å²) < 4.78 is 50.9. The van der Waals surface area contributed by atoms with Gasteiger partial charge in [0.05, 0.1) is 41.9 Å². The molecule has 1 atom stereocenters. The molecule has 16 heteroatoms. The molecule has 2 aliphatic rings. The van der Waals surface area contributed by atoms with Gasteiger partial charge >= 0.3 is 6.18 Å². The van der Waals surface area contributed by atoms with Gasteiger partial charge in [-0.2, -0.15) is 13.2 Å². The number of piperidine rings is 1. The lowest BCUT2D eigenvalue weighted by molar-refractivity contribution is -0.272. The zero-order valence-corrected chi connectivity index (χ0v) is 30.5. The minimum absolute atomic E-state index is 0.0371. The SMILES string of the molecule is C=N/C(CNC[C@@H]1CCC(=O)N1)=C(\N=C(C)c1cccc(-c2cccc(-c3cnc(CN4CCC(O)(C(F)(F)F)CC4)c(OC)n3)c2Cl)c1Cl)OC. The summed E-state index contributed by atoms with van der Waals surface area (Å²) in [5.41, 5.74) is 1.70. The van der Waals surface area contributed by atoms with E-state index in [1.165, 1.54) is 20.4 Å². The van der Waals surface area contributed by atoms with Crippen molar-refractivity contribution in [3.63, 3.8) is 0 Å². The van der Waals surface area contributed by atoms with E-state index in [1.807, 2.05) is 30.3 Å². The molecule has 0 radical (unpaired) electrons. The van der Waals surface area contributed by atoms with Gasteiger partial charge in [-0.25, -0.2) is 9.98 Å². The van der Waals surface area contributed by atoms with Crippen LogP contribution in [-0.4, -0.2) is 96.5 Å². The number of carbonyl (C=O) groups excluding carboxylic acids is 1. The van der Waals surface area contributed by atoms with E-state index < -0.39 is 24.6 Å². The Kier molecular flexibility index (Phi) is 12.6. The number of amides is 1. The van der Waals surface area contributed by atoms with Crippen LogP contribution in [0.3, 0.4) is 0 Å². The molecule has 52 heavy (non-hydrogen) atoms. The summed E-state index contributed by atoms with van der Waals surface area (Å²) in [4.78, 5) is 31.3. The maximum absolute atomic E-state index is 13.3. The Morgan fingerprint density at radius 1 is 1.13 bits per heavy atom. The average Bonchev–Trinajstić information content (AvgIpc) is 3.54. The van der Waals surface area contributed by atoms with Crippen molar-refractivity contribution in [1.29, 1.82) is 0 Å². The second-order valence-corrected chi connectivity index (χ2v) is 13.4. The van der Waals surface area contributed by atoms with E-state index in [0.29, 0.717) is 74.6 Å². The predicted octanol–water partition coefficient (Wildman–Crippen LogP) is 6.21. The molecule has 3 aromatic rings. The van der Waals surface area contributed by atoms with Crippen molar-refractivity contribution in [2.75, 3.05) is 40.4 Å². The molecule has 2 saturated heterocycles. The molecule has 0 spiro atoms. The van der Waals surface area contributed by atoms with Crippen LogP contribution in [0.5, 0.6) is 5.88 Å². The van der Waals surface area contributed by atoms with Gasteiger partial charge in [-0.05, 0) is 32.9 Å². The predicted molar refractivity (Wildman–Crippen MR) is 195 cm³/mol. The van der Waals surface area contributed by atoms with E-state index in [4.69, 9.17) is 32.7 Å². The summed E-state index contributed by atoms with van der Waals surface area (Å²) >= 11 is 14.0.